The fraction of sp³-hybridized carbons (Fsp3) is 0.600. The minimum atomic E-state index is -1.83. The normalized spacial score (nSPS) is 15.2. The van der Waals surface area contributed by atoms with Crippen LogP contribution in [0.2, 0.25) is 32.2 Å². The Kier molecular flexibility index (Phi) is 6.46. The van der Waals surface area contributed by atoms with Crippen LogP contribution in [0.4, 0.5) is 0 Å². The minimum absolute atomic E-state index is 0.304. The zero-order valence-electron chi connectivity index (χ0n) is 12.8. The summed E-state index contributed by atoms with van der Waals surface area (Å²) in [5, 5.41) is 10.3. The van der Waals surface area contributed by atoms with Crippen LogP contribution < -0.4 is 5.19 Å². The summed E-state index contributed by atoms with van der Waals surface area (Å²) >= 11 is 0. The number of rotatable bonds is 8. The van der Waals surface area contributed by atoms with E-state index in [-0.39, 0.29) is 0 Å². The lowest BCUT2D eigenvalue weighted by Gasteiger charge is -2.35. The van der Waals surface area contributed by atoms with Crippen LogP contribution in [0.25, 0.3) is 0 Å². The molecule has 0 bridgehead atoms. The molecule has 1 rings (SSSR count). The molecule has 1 unspecified atom stereocenters. The summed E-state index contributed by atoms with van der Waals surface area (Å²) in [4.78, 5) is 0. The maximum absolute atomic E-state index is 8.89. The highest BCUT2D eigenvalue weighted by atomic mass is 28.4. The molecular formula is C15H28O2Si2. The number of aliphatic hydroxyl groups excluding tert-OH is 1. The molecule has 1 aromatic rings. The summed E-state index contributed by atoms with van der Waals surface area (Å²) in [7, 11) is -3.36. The zero-order chi connectivity index (χ0) is 14.4. The van der Waals surface area contributed by atoms with Crippen molar-refractivity contribution in [1.82, 2.24) is 0 Å². The monoisotopic (exact) mass is 296 g/mol. The van der Waals surface area contributed by atoms with Crippen LogP contribution in [-0.4, -0.2) is 28.3 Å². The number of benzene rings is 1. The Morgan fingerprint density at radius 2 is 1.58 bits per heavy atom. The second kappa shape index (κ2) is 7.38. The molecule has 0 aliphatic rings. The molecule has 19 heavy (non-hydrogen) atoms. The van der Waals surface area contributed by atoms with E-state index in [1.54, 1.807) is 0 Å². The first-order valence-corrected chi connectivity index (χ1v) is 13.3. The van der Waals surface area contributed by atoms with Crippen LogP contribution in [-0.2, 0) is 4.12 Å². The third-order valence-corrected chi connectivity index (χ3v) is 10.3. The Bertz CT molecular complexity index is 362. The summed E-state index contributed by atoms with van der Waals surface area (Å²) < 4.78 is 6.61. The second-order valence-electron chi connectivity index (χ2n) is 6.35. The van der Waals surface area contributed by atoms with Gasteiger partial charge in [0.05, 0.1) is 0 Å². The van der Waals surface area contributed by atoms with Gasteiger partial charge in [-0.3, -0.25) is 0 Å². The Hall–Kier alpha value is -0.426. The van der Waals surface area contributed by atoms with Gasteiger partial charge in [0.15, 0.2) is 8.32 Å². The summed E-state index contributed by atoms with van der Waals surface area (Å²) in [6.45, 7) is 9.47. The van der Waals surface area contributed by atoms with Crippen molar-refractivity contribution in [2.24, 2.45) is 0 Å². The number of aliphatic hydroxyl groups is 1. The van der Waals surface area contributed by atoms with Gasteiger partial charge in [-0.25, -0.2) is 0 Å². The van der Waals surface area contributed by atoms with Crippen molar-refractivity contribution in [1.29, 1.82) is 0 Å². The van der Waals surface area contributed by atoms with E-state index in [9.17, 15) is 0 Å². The Labute approximate surface area is 120 Å². The zero-order valence-corrected chi connectivity index (χ0v) is 14.8. The molecule has 0 heterocycles. The van der Waals surface area contributed by atoms with Gasteiger partial charge in [-0.05, 0) is 43.8 Å². The fourth-order valence-electron chi connectivity index (χ4n) is 2.47. The third kappa shape index (κ3) is 6.04. The van der Waals surface area contributed by atoms with Gasteiger partial charge >= 0.3 is 0 Å². The maximum atomic E-state index is 8.89. The van der Waals surface area contributed by atoms with Gasteiger partial charge in [-0.15, -0.1) is 0 Å². The van der Waals surface area contributed by atoms with Crippen LogP contribution in [0.5, 0.6) is 0 Å². The predicted molar refractivity (Wildman–Crippen MR) is 87.9 cm³/mol. The molecule has 1 N–H and O–H groups in total. The molecular weight excluding hydrogens is 268 g/mol. The van der Waals surface area contributed by atoms with Crippen LogP contribution in [0, 0.1) is 0 Å². The topological polar surface area (TPSA) is 29.5 Å². The summed E-state index contributed by atoms with van der Waals surface area (Å²) in [6, 6.07) is 11.9. The van der Waals surface area contributed by atoms with Gasteiger partial charge in [-0.1, -0.05) is 43.2 Å². The van der Waals surface area contributed by atoms with Crippen molar-refractivity contribution in [2.75, 3.05) is 6.61 Å². The van der Waals surface area contributed by atoms with Crippen molar-refractivity contribution >= 4 is 21.8 Å². The summed E-state index contributed by atoms with van der Waals surface area (Å²) in [5.41, 5.74) is 0. The van der Waals surface area contributed by atoms with Crippen LogP contribution in [0.1, 0.15) is 19.3 Å². The fourth-order valence-corrected chi connectivity index (χ4v) is 10.9. The molecule has 0 radical (unpaired) electrons. The quantitative estimate of drug-likeness (QED) is 0.588. The van der Waals surface area contributed by atoms with Crippen LogP contribution in [0.3, 0.4) is 0 Å². The van der Waals surface area contributed by atoms with E-state index >= 15 is 0 Å². The van der Waals surface area contributed by atoms with E-state index < -0.39 is 16.6 Å². The molecule has 4 heteroatoms. The van der Waals surface area contributed by atoms with E-state index in [2.05, 4.69) is 56.5 Å². The Morgan fingerprint density at radius 1 is 0.947 bits per heavy atom. The van der Waals surface area contributed by atoms with Gasteiger partial charge < -0.3 is 9.22 Å². The Morgan fingerprint density at radius 3 is 2.11 bits per heavy atom. The molecule has 2 nitrogen and oxygen atoms in total. The second-order valence-corrected chi connectivity index (χ2v) is 14.9. The van der Waals surface area contributed by atoms with Crippen molar-refractivity contribution in [2.45, 2.75) is 51.5 Å². The molecule has 0 amide bonds. The maximum Gasteiger partial charge on any atom is 0.209 e. The van der Waals surface area contributed by atoms with Crippen molar-refractivity contribution in [3.05, 3.63) is 30.3 Å². The molecule has 1 atom stereocenters. The predicted octanol–water partition coefficient (Wildman–Crippen LogP) is 3.48. The minimum Gasteiger partial charge on any atom is -0.452 e. The lowest BCUT2D eigenvalue weighted by atomic mass is 10.3. The summed E-state index contributed by atoms with van der Waals surface area (Å²) in [5.74, 6) is 0. The highest BCUT2D eigenvalue weighted by molar-refractivity contribution is 6.92. The SMILES string of the molecule is C[Si](C)(C)O[Si](C)(CCCCCO)c1ccccc1. The van der Waals surface area contributed by atoms with Crippen molar-refractivity contribution in [3.63, 3.8) is 0 Å². The molecule has 0 saturated heterocycles. The number of hydrogen-bond acceptors (Lipinski definition) is 2. The first-order valence-electron chi connectivity index (χ1n) is 7.24. The van der Waals surface area contributed by atoms with E-state index in [1.807, 2.05) is 0 Å². The standard InChI is InChI=1S/C15H28O2Si2/c1-18(2,3)17-19(4,14-10-6-9-13-16)15-11-7-5-8-12-15/h5,7-8,11-12,16H,6,9-10,13-14H2,1-4H3. The molecule has 0 aliphatic carbocycles. The third-order valence-electron chi connectivity index (χ3n) is 3.23. The highest BCUT2D eigenvalue weighted by Gasteiger charge is 2.35. The van der Waals surface area contributed by atoms with E-state index in [0.29, 0.717) is 6.61 Å². The van der Waals surface area contributed by atoms with Gasteiger partial charge in [0.1, 0.15) is 0 Å². The number of hydrogen-bond donors (Lipinski definition) is 1. The van der Waals surface area contributed by atoms with Gasteiger partial charge in [0, 0.05) is 6.61 Å². The van der Waals surface area contributed by atoms with Crippen molar-refractivity contribution in [3.8, 4) is 0 Å². The lowest BCUT2D eigenvalue weighted by Crippen LogP contribution is -2.53. The molecule has 0 fully saturated rings. The van der Waals surface area contributed by atoms with E-state index in [1.165, 1.54) is 5.19 Å². The molecule has 0 spiro atoms. The molecule has 0 aliphatic heterocycles. The highest BCUT2D eigenvalue weighted by Crippen LogP contribution is 2.21. The van der Waals surface area contributed by atoms with Crippen molar-refractivity contribution < 1.29 is 9.22 Å². The van der Waals surface area contributed by atoms with E-state index in [4.69, 9.17) is 9.22 Å². The summed E-state index contributed by atoms with van der Waals surface area (Å²) in [6.07, 6.45) is 3.16. The average Bonchev–Trinajstić information content (AvgIpc) is 2.34. The first kappa shape index (κ1) is 16.6. The van der Waals surface area contributed by atoms with Gasteiger partial charge in [0.25, 0.3) is 0 Å². The smallest absolute Gasteiger partial charge is 0.209 e. The van der Waals surface area contributed by atoms with Crippen LogP contribution >= 0.6 is 0 Å². The number of unbranched alkanes of at least 4 members (excludes halogenated alkanes) is 2. The largest absolute Gasteiger partial charge is 0.452 e. The van der Waals surface area contributed by atoms with Gasteiger partial charge in [-0.2, -0.15) is 0 Å². The molecule has 1 aromatic carbocycles. The van der Waals surface area contributed by atoms with E-state index in [0.717, 1.165) is 25.3 Å². The Balaban J connectivity index is 2.78. The average molecular weight is 297 g/mol. The molecule has 0 saturated carbocycles. The first-order chi connectivity index (χ1) is 8.87. The molecule has 0 aromatic heterocycles. The van der Waals surface area contributed by atoms with Crippen LogP contribution in [0.15, 0.2) is 30.3 Å². The van der Waals surface area contributed by atoms with Gasteiger partial charge in [0.2, 0.25) is 8.32 Å². The lowest BCUT2D eigenvalue weighted by molar-refractivity contribution is 0.283. The molecule has 108 valence electrons.